The third kappa shape index (κ3) is 3.03. The molecule has 1 aliphatic rings. The summed E-state index contributed by atoms with van der Waals surface area (Å²) in [4.78, 5) is 2.35. The van der Waals surface area contributed by atoms with Gasteiger partial charge in [-0.25, -0.2) is 0 Å². The molecule has 2 atom stereocenters. The SMILES string of the molecule is CC(C)Oc1cccc(C2C(N)CCCN2C)c1. The Hall–Kier alpha value is -1.06. The molecule has 0 saturated carbocycles. The number of nitrogens with zero attached hydrogens (tertiary/aromatic N) is 1. The molecule has 2 N–H and O–H groups in total. The van der Waals surface area contributed by atoms with Gasteiger partial charge in [-0.1, -0.05) is 12.1 Å². The van der Waals surface area contributed by atoms with Crippen LogP contribution in [0.1, 0.15) is 38.3 Å². The second-order valence-electron chi connectivity index (χ2n) is 5.47. The quantitative estimate of drug-likeness (QED) is 0.893. The molecule has 1 aromatic rings. The molecular formula is C15H24N2O. The van der Waals surface area contributed by atoms with E-state index in [9.17, 15) is 0 Å². The molecule has 0 spiro atoms. The summed E-state index contributed by atoms with van der Waals surface area (Å²) in [7, 11) is 2.15. The molecular weight excluding hydrogens is 224 g/mol. The highest BCUT2D eigenvalue weighted by Crippen LogP contribution is 2.30. The van der Waals surface area contributed by atoms with E-state index >= 15 is 0 Å². The molecule has 1 saturated heterocycles. The van der Waals surface area contributed by atoms with Crippen molar-refractivity contribution in [2.24, 2.45) is 5.73 Å². The fraction of sp³-hybridized carbons (Fsp3) is 0.600. The lowest BCUT2D eigenvalue weighted by Gasteiger charge is -2.37. The zero-order valence-electron chi connectivity index (χ0n) is 11.6. The van der Waals surface area contributed by atoms with Crippen LogP contribution >= 0.6 is 0 Å². The smallest absolute Gasteiger partial charge is 0.120 e. The van der Waals surface area contributed by atoms with Gasteiger partial charge in [-0.05, 0) is 58.0 Å². The van der Waals surface area contributed by atoms with Crippen LogP contribution < -0.4 is 10.5 Å². The van der Waals surface area contributed by atoms with Crippen molar-refractivity contribution in [1.29, 1.82) is 0 Å². The summed E-state index contributed by atoms with van der Waals surface area (Å²) in [5, 5.41) is 0. The van der Waals surface area contributed by atoms with E-state index in [2.05, 4.69) is 30.1 Å². The summed E-state index contributed by atoms with van der Waals surface area (Å²) in [6.07, 6.45) is 2.50. The number of rotatable bonds is 3. The molecule has 0 aliphatic carbocycles. The Morgan fingerprint density at radius 3 is 2.83 bits per heavy atom. The third-order valence-corrected chi connectivity index (χ3v) is 3.50. The number of piperidine rings is 1. The summed E-state index contributed by atoms with van der Waals surface area (Å²) in [5.41, 5.74) is 7.54. The first-order chi connectivity index (χ1) is 8.58. The van der Waals surface area contributed by atoms with E-state index in [1.54, 1.807) is 0 Å². The highest BCUT2D eigenvalue weighted by atomic mass is 16.5. The zero-order valence-corrected chi connectivity index (χ0v) is 11.6. The lowest BCUT2D eigenvalue weighted by Crippen LogP contribution is -2.43. The zero-order chi connectivity index (χ0) is 13.1. The number of likely N-dealkylation sites (N-methyl/N-ethyl adjacent to an activating group) is 1. The van der Waals surface area contributed by atoms with Crippen LogP contribution in [0.4, 0.5) is 0 Å². The van der Waals surface area contributed by atoms with Gasteiger partial charge < -0.3 is 10.5 Å². The average Bonchev–Trinajstić information content (AvgIpc) is 2.28. The van der Waals surface area contributed by atoms with Crippen LogP contribution in [-0.2, 0) is 0 Å². The largest absolute Gasteiger partial charge is 0.491 e. The van der Waals surface area contributed by atoms with Gasteiger partial charge in [0.1, 0.15) is 5.75 Å². The predicted molar refractivity (Wildman–Crippen MR) is 74.8 cm³/mol. The fourth-order valence-electron chi connectivity index (χ4n) is 2.75. The maximum Gasteiger partial charge on any atom is 0.120 e. The van der Waals surface area contributed by atoms with E-state index in [1.165, 1.54) is 12.0 Å². The summed E-state index contributed by atoms with van der Waals surface area (Å²) >= 11 is 0. The molecule has 3 nitrogen and oxygen atoms in total. The number of ether oxygens (including phenoxy) is 1. The molecule has 0 aromatic heterocycles. The monoisotopic (exact) mass is 248 g/mol. The summed E-state index contributed by atoms with van der Waals surface area (Å²) in [5.74, 6) is 0.939. The number of likely N-dealkylation sites (tertiary alicyclic amines) is 1. The van der Waals surface area contributed by atoms with Gasteiger partial charge >= 0.3 is 0 Å². The third-order valence-electron chi connectivity index (χ3n) is 3.50. The Morgan fingerprint density at radius 2 is 2.17 bits per heavy atom. The van der Waals surface area contributed by atoms with Gasteiger partial charge in [-0.15, -0.1) is 0 Å². The highest BCUT2D eigenvalue weighted by molar-refractivity contribution is 5.31. The van der Waals surface area contributed by atoms with Crippen molar-refractivity contribution >= 4 is 0 Å². The Labute approximate surface area is 110 Å². The summed E-state index contributed by atoms with van der Waals surface area (Å²) in [6.45, 7) is 5.21. The van der Waals surface area contributed by atoms with Crippen molar-refractivity contribution in [1.82, 2.24) is 4.90 Å². The van der Waals surface area contributed by atoms with Gasteiger partial charge in [-0.2, -0.15) is 0 Å². The fourth-order valence-corrected chi connectivity index (χ4v) is 2.75. The Bertz CT molecular complexity index is 382. The first-order valence-corrected chi connectivity index (χ1v) is 6.80. The second kappa shape index (κ2) is 5.72. The molecule has 1 aromatic carbocycles. The number of hydrogen-bond acceptors (Lipinski definition) is 3. The first-order valence-electron chi connectivity index (χ1n) is 6.80. The van der Waals surface area contributed by atoms with Gasteiger partial charge in [0.05, 0.1) is 6.10 Å². The van der Waals surface area contributed by atoms with Crippen LogP contribution in [0.25, 0.3) is 0 Å². The molecule has 1 fully saturated rings. The van der Waals surface area contributed by atoms with E-state index in [4.69, 9.17) is 10.5 Å². The molecule has 2 rings (SSSR count). The molecule has 100 valence electrons. The molecule has 3 heteroatoms. The van der Waals surface area contributed by atoms with E-state index < -0.39 is 0 Å². The first kappa shape index (κ1) is 13.4. The molecule has 2 unspecified atom stereocenters. The number of benzene rings is 1. The Balaban J connectivity index is 2.21. The molecule has 0 radical (unpaired) electrons. The van der Waals surface area contributed by atoms with Crippen molar-refractivity contribution in [3.8, 4) is 5.75 Å². The summed E-state index contributed by atoms with van der Waals surface area (Å²) in [6, 6.07) is 8.89. The summed E-state index contributed by atoms with van der Waals surface area (Å²) < 4.78 is 5.76. The Kier molecular flexibility index (Phi) is 4.25. The molecule has 1 heterocycles. The van der Waals surface area contributed by atoms with Gasteiger partial charge in [0, 0.05) is 12.1 Å². The van der Waals surface area contributed by atoms with Crippen molar-refractivity contribution in [2.45, 2.75) is 44.9 Å². The van der Waals surface area contributed by atoms with Crippen molar-refractivity contribution in [3.05, 3.63) is 29.8 Å². The second-order valence-corrected chi connectivity index (χ2v) is 5.47. The van der Waals surface area contributed by atoms with Gasteiger partial charge in [0.15, 0.2) is 0 Å². The van der Waals surface area contributed by atoms with Gasteiger partial charge in [-0.3, -0.25) is 4.90 Å². The maximum atomic E-state index is 6.27. The van der Waals surface area contributed by atoms with Gasteiger partial charge in [0.25, 0.3) is 0 Å². The van der Waals surface area contributed by atoms with Crippen LogP contribution in [0.3, 0.4) is 0 Å². The van der Waals surface area contributed by atoms with Crippen LogP contribution in [0, 0.1) is 0 Å². The lowest BCUT2D eigenvalue weighted by atomic mass is 9.91. The van der Waals surface area contributed by atoms with E-state index in [-0.39, 0.29) is 12.1 Å². The van der Waals surface area contributed by atoms with Crippen LogP contribution in [0.2, 0.25) is 0 Å². The van der Waals surface area contributed by atoms with Crippen LogP contribution in [-0.4, -0.2) is 30.6 Å². The Morgan fingerprint density at radius 1 is 1.39 bits per heavy atom. The van der Waals surface area contributed by atoms with Crippen molar-refractivity contribution in [3.63, 3.8) is 0 Å². The number of nitrogens with two attached hydrogens (primary N) is 1. The molecule has 0 bridgehead atoms. The average molecular weight is 248 g/mol. The molecule has 0 amide bonds. The lowest BCUT2D eigenvalue weighted by molar-refractivity contribution is 0.162. The minimum Gasteiger partial charge on any atom is -0.491 e. The topological polar surface area (TPSA) is 38.5 Å². The maximum absolute atomic E-state index is 6.27. The van der Waals surface area contributed by atoms with Gasteiger partial charge in [0.2, 0.25) is 0 Å². The molecule has 18 heavy (non-hydrogen) atoms. The van der Waals surface area contributed by atoms with Crippen molar-refractivity contribution < 1.29 is 4.74 Å². The van der Waals surface area contributed by atoms with E-state index in [0.29, 0.717) is 6.04 Å². The predicted octanol–water partition coefficient (Wildman–Crippen LogP) is 2.57. The molecule has 1 aliphatic heterocycles. The normalized spacial score (nSPS) is 25.4. The minimum absolute atomic E-state index is 0.206. The highest BCUT2D eigenvalue weighted by Gasteiger charge is 2.27. The minimum atomic E-state index is 0.206. The van der Waals surface area contributed by atoms with E-state index in [0.717, 1.165) is 18.7 Å². The van der Waals surface area contributed by atoms with Crippen molar-refractivity contribution in [2.75, 3.05) is 13.6 Å². The number of hydrogen-bond donors (Lipinski definition) is 1. The van der Waals surface area contributed by atoms with Crippen LogP contribution in [0.15, 0.2) is 24.3 Å². The van der Waals surface area contributed by atoms with Crippen LogP contribution in [0.5, 0.6) is 5.75 Å². The van der Waals surface area contributed by atoms with E-state index in [1.807, 2.05) is 19.9 Å². The standard InChI is InChI=1S/C15H24N2O/c1-11(2)18-13-7-4-6-12(10-13)15-14(16)8-5-9-17(15)3/h4,6-7,10-11,14-15H,5,8-9,16H2,1-3H3.